The topological polar surface area (TPSA) is 87.2 Å². The molecule has 1 aliphatic heterocycles. The minimum absolute atomic E-state index is 0.105. The second-order valence-electron chi connectivity index (χ2n) is 5.20. The first-order chi connectivity index (χ1) is 10.4. The number of hydrogen-bond donors (Lipinski definition) is 1. The van der Waals surface area contributed by atoms with E-state index in [9.17, 15) is 14.4 Å². The number of carboxylic acids is 1. The fourth-order valence-corrected chi connectivity index (χ4v) is 2.13. The Morgan fingerprint density at radius 2 is 2.14 bits per heavy atom. The first-order valence-electron chi connectivity index (χ1n) is 6.88. The van der Waals surface area contributed by atoms with Crippen LogP contribution in [0.2, 0.25) is 0 Å². The molecule has 0 aliphatic carbocycles. The molecule has 0 bridgehead atoms. The summed E-state index contributed by atoms with van der Waals surface area (Å²) in [5, 5.41) is 8.64. The van der Waals surface area contributed by atoms with Gasteiger partial charge in [0.15, 0.2) is 6.61 Å². The highest BCUT2D eigenvalue weighted by Crippen LogP contribution is 2.32. The number of aryl methyl sites for hydroxylation is 1. The highest BCUT2D eigenvalue weighted by atomic mass is 16.5. The highest BCUT2D eigenvalue weighted by Gasteiger charge is 2.28. The molecule has 22 heavy (non-hydrogen) atoms. The molecule has 1 heterocycles. The largest absolute Gasteiger partial charge is 0.482 e. The first kappa shape index (κ1) is 15.8. The number of aliphatic carboxylic acids is 1. The van der Waals surface area contributed by atoms with Gasteiger partial charge in [0, 0.05) is 13.6 Å². The van der Waals surface area contributed by atoms with Crippen molar-refractivity contribution in [3.8, 4) is 5.75 Å². The summed E-state index contributed by atoms with van der Waals surface area (Å²) in [5.41, 5.74) is 1.56. The van der Waals surface area contributed by atoms with E-state index in [-0.39, 0.29) is 37.9 Å². The number of amides is 2. The van der Waals surface area contributed by atoms with E-state index >= 15 is 0 Å². The number of rotatable bonds is 5. The number of carbonyl (C=O) groups excluding carboxylic acids is 2. The third-order valence-corrected chi connectivity index (χ3v) is 3.44. The van der Waals surface area contributed by atoms with Crippen molar-refractivity contribution in [3.63, 3.8) is 0 Å². The van der Waals surface area contributed by atoms with Gasteiger partial charge in [0.1, 0.15) is 12.3 Å². The summed E-state index contributed by atoms with van der Waals surface area (Å²) >= 11 is 0. The van der Waals surface area contributed by atoms with E-state index in [1.807, 2.05) is 19.1 Å². The van der Waals surface area contributed by atoms with Crippen LogP contribution in [0.25, 0.3) is 0 Å². The molecule has 2 amide bonds. The van der Waals surface area contributed by atoms with E-state index in [4.69, 9.17) is 9.84 Å². The molecule has 7 heteroatoms. The number of anilines is 1. The van der Waals surface area contributed by atoms with Crippen LogP contribution in [0.3, 0.4) is 0 Å². The third kappa shape index (κ3) is 3.55. The summed E-state index contributed by atoms with van der Waals surface area (Å²) in [4.78, 5) is 37.4. The Kier molecular flexibility index (Phi) is 4.65. The minimum Gasteiger partial charge on any atom is -0.482 e. The van der Waals surface area contributed by atoms with Crippen molar-refractivity contribution in [1.29, 1.82) is 0 Å². The second-order valence-corrected chi connectivity index (χ2v) is 5.20. The molecule has 0 unspecified atom stereocenters. The molecule has 0 atom stereocenters. The van der Waals surface area contributed by atoms with Crippen molar-refractivity contribution in [2.24, 2.45) is 0 Å². The summed E-state index contributed by atoms with van der Waals surface area (Å²) in [7, 11) is 1.52. The second kappa shape index (κ2) is 6.46. The van der Waals surface area contributed by atoms with Gasteiger partial charge in [0.2, 0.25) is 5.91 Å². The quantitative estimate of drug-likeness (QED) is 0.863. The van der Waals surface area contributed by atoms with Crippen LogP contribution in [0.4, 0.5) is 5.69 Å². The lowest BCUT2D eigenvalue weighted by Crippen LogP contribution is -2.45. The Hall–Kier alpha value is -2.57. The number of carboxylic acid groups (broad SMARTS) is 1. The van der Waals surface area contributed by atoms with Gasteiger partial charge in [-0.2, -0.15) is 0 Å². The maximum Gasteiger partial charge on any atom is 0.305 e. The minimum atomic E-state index is -0.970. The number of benzene rings is 1. The van der Waals surface area contributed by atoms with Gasteiger partial charge in [0.25, 0.3) is 5.91 Å². The third-order valence-electron chi connectivity index (χ3n) is 3.44. The van der Waals surface area contributed by atoms with Gasteiger partial charge in [-0.25, -0.2) is 0 Å². The van der Waals surface area contributed by atoms with E-state index in [1.54, 1.807) is 6.07 Å². The zero-order valence-corrected chi connectivity index (χ0v) is 12.5. The van der Waals surface area contributed by atoms with E-state index < -0.39 is 5.97 Å². The molecule has 7 nitrogen and oxygen atoms in total. The molecule has 0 saturated carbocycles. The first-order valence-corrected chi connectivity index (χ1v) is 6.88. The van der Waals surface area contributed by atoms with Crippen LogP contribution < -0.4 is 9.64 Å². The molecule has 0 aromatic heterocycles. The molecule has 1 aromatic rings. The summed E-state index contributed by atoms with van der Waals surface area (Å²) < 4.78 is 5.37. The van der Waals surface area contributed by atoms with E-state index in [0.717, 1.165) is 5.56 Å². The van der Waals surface area contributed by atoms with Gasteiger partial charge in [-0.3, -0.25) is 19.3 Å². The molecule has 1 aliphatic rings. The molecule has 0 fully saturated rings. The highest BCUT2D eigenvalue weighted by molar-refractivity contribution is 6.02. The molecular weight excluding hydrogens is 288 g/mol. The van der Waals surface area contributed by atoms with Crippen LogP contribution in [0, 0.1) is 6.92 Å². The van der Waals surface area contributed by atoms with E-state index in [0.29, 0.717) is 11.4 Å². The van der Waals surface area contributed by atoms with Crippen molar-refractivity contribution in [2.75, 3.05) is 31.6 Å². The lowest BCUT2D eigenvalue weighted by atomic mass is 10.1. The van der Waals surface area contributed by atoms with Crippen LogP contribution in [-0.2, 0) is 14.4 Å². The predicted molar refractivity (Wildman–Crippen MR) is 78.9 cm³/mol. The van der Waals surface area contributed by atoms with Crippen molar-refractivity contribution >= 4 is 23.5 Å². The molecule has 1 aromatic carbocycles. The lowest BCUT2D eigenvalue weighted by Gasteiger charge is -2.30. The van der Waals surface area contributed by atoms with Crippen molar-refractivity contribution in [2.45, 2.75) is 13.3 Å². The Morgan fingerprint density at radius 1 is 1.41 bits per heavy atom. The van der Waals surface area contributed by atoms with Gasteiger partial charge in [0.05, 0.1) is 12.1 Å². The SMILES string of the molecule is Cc1ccc2c(c1)OCC(=O)N2CC(=O)N(C)CCC(=O)O. The molecule has 2 rings (SSSR count). The molecule has 0 spiro atoms. The number of carbonyl (C=O) groups is 3. The average Bonchev–Trinajstić information content (AvgIpc) is 2.47. The Morgan fingerprint density at radius 3 is 2.82 bits per heavy atom. The summed E-state index contributed by atoms with van der Waals surface area (Å²) in [5.74, 6) is -1.01. The van der Waals surface area contributed by atoms with Crippen molar-refractivity contribution in [3.05, 3.63) is 23.8 Å². The zero-order valence-electron chi connectivity index (χ0n) is 12.5. The van der Waals surface area contributed by atoms with E-state index in [1.165, 1.54) is 16.8 Å². The van der Waals surface area contributed by atoms with Crippen molar-refractivity contribution in [1.82, 2.24) is 4.90 Å². The van der Waals surface area contributed by atoms with Gasteiger partial charge in [-0.15, -0.1) is 0 Å². The van der Waals surface area contributed by atoms with Crippen LogP contribution in [0.5, 0.6) is 5.75 Å². The van der Waals surface area contributed by atoms with E-state index in [2.05, 4.69) is 0 Å². The summed E-state index contributed by atoms with van der Waals surface area (Å²) in [6.45, 7) is 1.78. The lowest BCUT2D eigenvalue weighted by molar-refractivity contribution is -0.138. The van der Waals surface area contributed by atoms with Gasteiger partial charge < -0.3 is 14.7 Å². The van der Waals surface area contributed by atoms with Crippen LogP contribution in [-0.4, -0.2) is 54.5 Å². The molecule has 1 N–H and O–H groups in total. The van der Waals surface area contributed by atoms with Crippen LogP contribution >= 0.6 is 0 Å². The van der Waals surface area contributed by atoms with Crippen LogP contribution in [0.15, 0.2) is 18.2 Å². The molecular formula is C15H18N2O5. The average molecular weight is 306 g/mol. The Balaban J connectivity index is 2.10. The van der Waals surface area contributed by atoms with Gasteiger partial charge >= 0.3 is 5.97 Å². The molecule has 0 saturated heterocycles. The molecule has 118 valence electrons. The number of fused-ring (bicyclic) bond motifs is 1. The summed E-state index contributed by atoms with van der Waals surface area (Å²) in [6.07, 6.45) is -0.130. The predicted octanol–water partition coefficient (Wildman–Crippen LogP) is 0.654. The number of likely N-dealkylation sites (N-methyl/N-ethyl adjacent to an activating group) is 1. The fourth-order valence-electron chi connectivity index (χ4n) is 2.13. The Bertz CT molecular complexity index is 614. The van der Waals surface area contributed by atoms with Crippen LogP contribution in [0.1, 0.15) is 12.0 Å². The number of hydrogen-bond acceptors (Lipinski definition) is 4. The normalized spacial score (nSPS) is 13.4. The monoisotopic (exact) mass is 306 g/mol. The maximum absolute atomic E-state index is 12.1. The number of ether oxygens (including phenoxy) is 1. The maximum atomic E-state index is 12.1. The molecule has 0 radical (unpaired) electrons. The van der Waals surface area contributed by atoms with Crippen molar-refractivity contribution < 1.29 is 24.2 Å². The fraction of sp³-hybridized carbons (Fsp3) is 0.400. The summed E-state index contributed by atoms with van der Waals surface area (Å²) in [6, 6.07) is 5.39. The standard InChI is InChI=1S/C15H18N2O5/c1-10-3-4-11-12(7-10)22-9-14(19)17(11)8-13(18)16(2)6-5-15(20)21/h3-4,7H,5-6,8-9H2,1-2H3,(H,20,21). The zero-order chi connectivity index (χ0) is 16.3. The van der Waals surface area contributed by atoms with Gasteiger partial charge in [-0.1, -0.05) is 6.07 Å². The number of nitrogens with zero attached hydrogens (tertiary/aromatic N) is 2. The van der Waals surface area contributed by atoms with Gasteiger partial charge in [-0.05, 0) is 24.6 Å². The smallest absolute Gasteiger partial charge is 0.305 e. The Labute approximate surface area is 128 Å².